The van der Waals surface area contributed by atoms with E-state index in [1.165, 1.54) is 6.08 Å². The van der Waals surface area contributed by atoms with E-state index in [1.807, 2.05) is 0 Å². The van der Waals surface area contributed by atoms with Gasteiger partial charge < -0.3 is 4.74 Å². The molecular weight excluding hydrogens is 564 g/mol. The molecule has 0 N–H and O–H groups in total. The van der Waals surface area contributed by atoms with E-state index in [1.54, 1.807) is 13.0 Å². The first kappa shape index (κ1) is 16.9. The molecule has 0 unspecified atom stereocenters. The molecule has 98 valence electrons. The predicted octanol–water partition coefficient (Wildman–Crippen LogP) is 6.12. The van der Waals surface area contributed by atoms with Gasteiger partial charge in [-0.15, -0.1) is 0 Å². The van der Waals surface area contributed by atoms with Gasteiger partial charge in [-0.05, 0) is 86.6 Å². The van der Waals surface area contributed by atoms with Crippen molar-refractivity contribution in [2.24, 2.45) is 0 Å². The van der Waals surface area contributed by atoms with Crippen molar-refractivity contribution in [3.63, 3.8) is 0 Å². The van der Waals surface area contributed by atoms with Crippen LogP contribution in [-0.4, -0.2) is 5.97 Å². The van der Waals surface area contributed by atoms with Gasteiger partial charge in [-0.1, -0.05) is 6.08 Å². The molecular formula is C11H7Br5O2. The number of esters is 1. The van der Waals surface area contributed by atoms with Crippen LogP contribution in [0.1, 0.15) is 12.5 Å². The molecule has 0 aliphatic heterocycles. The van der Waals surface area contributed by atoms with Crippen LogP contribution in [-0.2, 0) is 16.1 Å². The average molecular weight is 571 g/mol. The Morgan fingerprint density at radius 1 is 1.00 bits per heavy atom. The van der Waals surface area contributed by atoms with Crippen molar-refractivity contribution in [2.75, 3.05) is 0 Å². The summed E-state index contributed by atoms with van der Waals surface area (Å²) in [6.45, 7) is 1.94. The number of carbonyl (C=O) groups excluding carboxylic acids is 1. The molecule has 0 aliphatic carbocycles. The summed E-state index contributed by atoms with van der Waals surface area (Å²) < 4.78 is 9.39. The van der Waals surface area contributed by atoms with Crippen LogP contribution in [0.25, 0.3) is 0 Å². The molecule has 0 fully saturated rings. The SMILES string of the molecule is C/C=C/C(=O)OCc1c(Br)c(Br)c(Br)c(Br)c1Br. The molecule has 18 heavy (non-hydrogen) atoms. The van der Waals surface area contributed by atoms with E-state index < -0.39 is 0 Å². The summed E-state index contributed by atoms with van der Waals surface area (Å²) in [5.74, 6) is -0.369. The Kier molecular flexibility index (Phi) is 7.10. The third kappa shape index (κ3) is 3.91. The summed E-state index contributed by atoms with van der Waals surface area (Å²) in [5, 5.41) is 0. The summed E-state index contributed by atoms with van der Waals surface area (Å²) in [7, 11) is 0. The minimum Gasteiger partial charge on any atom is -0.458 e. The zero-order valence-electron chi connectivity index (χ0n) is 9.07. The van der Waals surface area contributed by atoms with Crippen molar-refractivity contribution < 1.29 is 9.53 Å². The van der Waals surface area contributed by atoms with Gasteiger partial charge in [0.15, 0.2) is 0 Å². The standard InChI is InChI=1S/C11H7Br5O2/c1-2-3-6(17)18-4-5-7(12)9(14)11(16)10(15)8(5)13/h2-3H,4H2,1H3/b3-2+. The Morgan fingerprint density at radius 3 is 1.89 bits per heavy atom. The smallest absolute Gasteiger partial charge is 0.330 e. The third-order valence-corrected chi connectivity index (χ3v) is 8.22. The summed E-state index contributed by atoms with van der Waals surface area (Å²) in [6, 6.07) is 0. The Balaban J connectivity index is 3.07. The van der Waals surface area contributed by atoms with Crippen LogP contribution in [0, 0.1) is 0 Å². The molecule has 0 amide bonds. The number of benzene rings is 1. The van der Waals surface area contributed by atoms with Crippen LogP contribution in [0.15, 0.2) is 34.5 Å². The minimum atomic E-state index is -0.369. The van der Waals surface area contributed by atoms with E-state index in [0.717, 1.165) is 27.9 Å². The first-order valence-corrected chi connectivity index (χ1v) is 8.66. The highest BCUT2D eigenvalue weighted by molar-refractivity contribution is 9.15. The van der Waals surface area contributed by atoms with E-state index in [-0.39, 0.29) is 12.6 Å². The van der Waals surface area contributed by atoms with Gasteiger partial charge in [0.25, 0.3) is 0 Å². The number of hydrogen-bond donors (Lipinski definition) is 0. The van der Waals surface area contributed by atoms with Crippen LogP contribution in [0.3, 0.4) is 0 Å². The van der Waals surface area contributed by atoms with Gasteiger partial charge in [0.1, 0.15) is 6.61 Å². The van der Waals surface area contributed by atoms with Gasteiger partial charge in [-0.3, -0.25) is 0 Å². The van der Waals surface area contributed by atoms with Gasteiger partial charge in [-0.2, -0.15) is 0 Å². The average Bonchev–Trinajstić information content (AvgIpc) is 2.34. The van der Waals surface area contributed by atoms with Crippen molar-refractivity contribution in [1.82, 2.24) is 0 Å². The van der Waals surface area contributed by atoms with E-state index in [0.29, 0.717) is 0 Å². The Morgan fingerprint density at radius 2 is 1.44 bits per heavy atom. The lowest BCUT2D eigenvalue weighted by atomic mass is 10.2. The fraction of sp³-hybridized carbons (Fsp3) is 0.182. The second-order valence-electron chi connectivity index (χ2n) is 3.16. The molecule has 1 rings (SSSR count). The first-order valence-electron chi connectivity index (χ1n) is 4.69. The molecule has 0 heterocycles. The monoisotopic (exact) mass is 566 g/mol. The summed E-state index contributed by atoms with van der Waals surface area (Å²) in [4.78, 5) is 11.3. The molecule has 0 saturated carbocycles. The van der Waals surface area contributed by atoms with Crippen LogP contribution >= 0.6 is 79.6 Å². The molecule has 0 bridgehead atoms. The van der Waals surface area contributed by atoms with Gasteiger partial charge in [-0.25, -0.2) is 4.79 Å². The highest BCUT2D eigenvalue weighted by Gasteiger charge is 2.18. The number of hydrogen-bond acceptors (Lipinski definition) is 2. The highest BCUT2D eigenvalue weighted by Crippen LogP contribution is 2.44. The number of allylic oxidation sites excluding steroid dienone is 1. The van der Waals surface area contributed by atoms with Gasteiger partial charge in [0.2, 0.25) is 0 Å². The molecule has 0 aromatic heterocycles. The lowest BCUT2D eigenvalue weighted by Gasteiger charge is -2.13. The van der Waals surface area contributed by atoms with E-state index in [4.69, 9.17) is 4.74 Å². The fourth-order valence-corrected chi connectivity index (χ4v) is 4.46. The maximum atomic E-state index is 11.3. The molecule has 1 aromatic rings. The van der Waals surface area contributed by atoms with Crippen LogP contribution in [0.5, 0.6) is 0 Å². The topological polar surface area (TPSA) is 26.3 Å². The van der Waals surface area contributed by atoms with E-state index >= 15 is 0 Å². The lowest BCUT2D eigenvalue weighted by molar-refractivity contribution is -0.139. The highest BCUT2D eigenvalue weighted by atomic mass is 79.9. The van der Waals surface area contributed by atoms with Gasteiger partial charge in [0, 0.05) is 34.0 Å². The quantitative estimate of drug-likeness (QED) is 0.190. The Bertz CT molecular complexity index is 482. The Hall–Kier alpha value is 0.830. The zero-order chi connectivity index (χ0) is 13.9. The lowest BCUT2D eigenvalue weighted by Crippen LogP contribution is -2.03. The largest absolute Gasteiger partial charge is 0.458 e. The maximum absolute atomic E-state index is 11.3. The zero-order valence-corrected chi connectivity index (χ0v) is 17.0. The second kappa shape index (κ2) is 7.57. The number of ether oxygens (including phenoxy) is 1. The first-order chi connectivity index (χ1) is 8.40. The molecule has 0 atom stereocenters. The maximum Gasteiger partial charge on any atom is 0.330 e. The second-order valence-corrected chi connectivity index (χ2v) is 7.12. The molecule has 0 aliphatic rings. The van der Waals surface area contributed by atoms with Gasteiger partial charge in [0.05, 0.1) is 0 Å². The van der Waals surface area contributed by atoms with Gasteiger partial charge >= 0.3 is 5.97 Å². The number of carbonyl (C=O) groups is 1. The molecule has 2 nitrogen and oxygen atoms in total. The molecule has 1 aromatic carbocycles. The molecule has 0 saturated heterocycles. The molecule has 0 radical (unpaired) electrons. The Labute approximate surface area is 147 Å². The third-order valence-electron chi connectivity index (χ3n) is 1.96. The van der Waals surface area contributed by atoms with Crippen molar-refractivity contribution in [2.45, 2.75) is 13.5 Å². The minimum absolute atomic E-state index is 0.175. The summed E-state index contributed by atoms with van der Waals surface area (Å²) >= 11 is 17.3. The van der Waals surface area contributed by atoms with Crippen LogP contribution < -0.4 is 0 Å². The normalized spacial score (nSPS) is 11.0. The van der Waals surface area contributed by atoms with E-state index in [9.17, 15) is 4.79 Å². The van der Waals surface area contributed by atoms with Crippen molar-refractivity contribution in [1.29, 1.82) is 0 Å². The van der Waals surface area contributed by atoms with Crippen molar-refractivity contribution in [3.05, 3.63) is 40.1 Å². The number of rotatable bonds is 3. The predicted molar refractivity (Wildman–Crippen MR) is 89.6 cm³/mol. The summed E-state index contributed by atoms with van der Waals surface area (Å²) in [5.41, 5.74) is 0.842. The molecule has 7 heteroatoms. The van der Waals surface area contributed by atoms with E-state index in [2.05, 4.69) is 79.6 Å². The summed E-state index contributed by atoms with van der Waals surface area (Å²) in [6.07, 6.45) is 3.02. The number of halogens is 5. The van der Waals surface area contributed by atoms with Crippen LogP contribution in [0.2, 0.25) is 0 Å². The molecule has 0 spiro atoms. The van der Waals surface area contributed by atoms with Crippen LogP contribution in [0.4, 0.5) is 0 Å². The van der Waals surface area contributed by atoms with Crippen molar-refractivity contribution >= 4 is 85.6 Å². The fourth-order valence-electron chi connectivity index (χ4n) is 1.10. The van der Waals surface area contributed by atoms with Crippen molar-refractivity contribution in [3.8, 4) is 0 Å².